The van der Waals surface area contributed by atoms with E-state index in [2.05, 4.69) is 20.5 Å². The van der Waals surface area contributed by atoms with Crippen LogP contribution in [0.4, 0.5) is 20.4 Å². The molecule has 2 aromatic carbocycles. The highest BCUT2D eigenvalue weighted by molar-refractivity contribution is 5.53. The summed E-state index contributed by atoms with van der Waals surface area (Å²) in [5.74, 6) is -0.657. The molecule has 0 unspecified atom stereocenters. The Hall–Kier alpha value is -3.29. The number of ether oxygens (including phenoxy) is 1. The van der Waals surface area contributed by atoms with Crippen LogP contribution in [0.1, 0.15) is 11.3 Å². The lowest BCUT2D eigenvalue weighted by molar-refractivity contribution is 0.414. The van der Waals surface area contributed by atoms with E-state index >= 15 is 0 Å². The van der Waals surface area contributed by atoms with Crippen molar-refractivity contribution in [2.24, 2.45) is 0 Å². The Morgan fingerprint density at radius 2 is 1.88 bits per heavy atom. The Bertz CT molecular complexity index is 942. The van der Waals surface area contributed by atoms with Gasteiger partial charge in [-0.1, -0.05) is 12.1 Å². The molecule has 0 amide bonds. The lowest BCUT2D eigenvalue weighted by Gasteiger charge is -2.07. The molecule has 6 nitrogen and oxygen atoms in total. The minimum Gasteiger partial charge on any atom is -0.497 e. The van der Waals surface area contributed by atoms with E-state index in [-0.39, 0.29) is 23.8 Å². The van der Waals surface area contributed by atoms with Gasteiger partial charge in [-0.25, -0.2) is 8.78 Å². The van der Waals surface area contributed by atoms with Crippen molar-refractivity contribution in [1.82, 2.24) is 15.2 Å². The van der Waals surface area contributed by atoms with Gasteiger partial charge in [0.15, 0.2) is 0 Å². The molecule has 0 atom stereocenters. The number of anilines is 2. The summed E-state index contributed by atoms with van der Waals surface area (Å²) in [5.41, 5.74) is 0.450. The molecule has 0 saturated heterocycles. The maximum atomic E-state index is 13.6. The molecule has 1 heterocycles. The van der Waals surface area contributed by atoms with E-state index in [0.29, 0.717) is 5.75 Å². The molecule has 0 aliphatic carbocycles. The molecular weight excluding hydrogens is 330 g/mol. The normalized spacial score (nSPS) is 10.5. The van der Waals surface area contributed by atoms with Gasteiger partial charge in [-0.3, -0.25) is 9.78 Å². The molecule has 2 N–H and O–H groups in total. The van der Waals surface area contributed by atoms with Gasteiger partial charge in [0.1, 0.15) is 23.1 Å². The molecule has 0 aliphatic heterocycles. The Morgan fingerprint density at radius 3 is 2.56 bits per heavy atom. The topological polar surface area (TPSA) is 79.9 Å². The van der Waals surface area contributed by atoms with Crippen molar-refractivity contribution >= 4 is 11.6 Å². The van der Waals surface area contributed by atoms with Crippen molar-refractivity contribution in [3.05, 3.63) is 75.7 Å². The molecule has 128 valence electrons. The second-order valence-corrected chi connectivity index (χ2v) is 5.22. The van der Waals surface area contributed by atoms with E-state index in [1.54, 1.807) is 19.2 Å². The standard InChI is InChI=1S/C17H14F2N4O2/c1-25-12-5-2-10(3-6-12)8-15-16(24)21-17(23-22-15)20-14-9-11(18)4-7-13(14)19/h2-7,9H,8H2,1H3,(H2,20,21,23,24). The van der Waals surface area contributed by atoms with Crippen molar-refractivity contribution in [2.45, 2.75) is 6.42 Å². The summed E-state index contributed by atoms with van der Waals surface area (Å²) in [6, 6.07) is 10.1. The van der Waals surface area contributed by atoms with E-state index in [9.17, 15) is 13.6 Å². The second-order valence-electron chi connectivity index (χ2n) is 5.22. The predicted molar refractivity (Wildman–Crippen MR) is 88.1 cm³/mol. The number of aromatic nitrogens is 3. The summed E-state index contributed by atoms with van der Waals surface area (Å²) in [6.07, 6.45) is 0.279. The van der Waals surface area contributed by atoms with Crippen LogP contribution in [0.5, 0.6) is 5.75 Å². The number of halogens is 2. The van der Waals surface area contributed by atoms with Gasteiger partial charge in [0.25, 0.3) is 5.56 Å². The van der Waals surface area contributed by atoms with Crippen LogP contribution in [0.15, 0.2) is 47.3 Å². The third-order valence-corrected chi connectivity index (χ3v) is 3.48. The fourth-order valence-electron chi connectivity index (χ4n) is 2.19. The van der Waals surface area contributed by atoms with Crippen LogP contribution < -0.4 is 15.6 Å². The summed E-state index contributed by atoms with van der Waals surface area (Å²) >= 11 is 0. The molecule has 8 heteroatoms. The van der Waals surface area contributed by atoms with E-state index in [4.69, 9.17) is 4.74 Å². The van der Waals surface area contributed by atoms with Crippen LogP contribution in [-0.4, -0.2) is 22.3 Å². The van der Waals surface area contributed by atoms with Gasteiger partial charge >= 0.3 is 0 Å². The van der Waals surface area contributed by atoms with Crippen LogP contribution in [0, 0.1) is 11.6 Å². The minimum absolute atomic E-state index is 0.0759. The highest BCUT2D eigenvalue weighted by Gasteiger charge is 2.09. The molecule has 0 saturated carbocycles. The van der Waals surface area contributed by atoms with Crippen molar-refractivity contribution in [3.8, 4) is 5.75 Å². The number of benzene rings is 2. The smallest absolute Gasteiger partial charge is 0.274 e. The van der Waals surface area contributed by atoms with Gasteiger partial charge in [0.2, 0.25) is 5.95 Å². The third kappa shape index (κ3) is 3.97. The van der Waals surface area contributed by atoms with Gasteiger partial charge in [-0.05, 0) is 29.8 Å². The Morgan fingerprint density at radius 1 is 1.12 bits per heavy atom. The Labute approximate surface area is 141 Å². The highest BCUT2D eigenvalue weighted by Crippen LogP contribution is 2.18. The maximum Gasteiger partial charge on any atom is 0.274 e. The van der Waals surface area contributed by atoms with Gasteiger partial charge in [-0.2, -0.15) is 0 Å². The van der Waals surface area contributed by atoms with Gasteiger partial charge in [-0.15, -0.1) is 10.2 Å². The van der Waals surface area contributed by atoms with E-state index in [1.807, 2.05) is 12.1 Å². The zero-order chi connectivity index (χ0) is 17.8. The van der Waals surface area contributed by atoms with Crippen LogP contribution in [0.3, 0.4) is 0 Å². The first kappa shape index (κ1) is 16.6. The first-order valence-electron chi connectivity index (χ1n) is 7.36. The number of rotatable bonds is 5. The highest BCUT2D eigenvalue weighted by atomic mass is 19.1. The summed E-state index contributed by atoms with van der Waals surface area (Å²) in [4.78, 5) is 14.6. The van der Waals surface area contributed by atoms with Crippen molar-refractivity contribution < 1.29 is 13.5 Å². The third-order valence-electron chi connectivity index (χ3n) is 3.48. The summed E-state index contributed by atoms with van der Waals surface area (Å²) in [7, 11) is 1.57. The zero-order valence-corrected chi connectivity index (χ0v) is 13.2. The average molecular weight is 344 g/mol. The van der Waals surface area contributed by atoms with Crippen LogP contribution >= 0.6 is 0 Å². The first-order chi connectivity index (χ1) is 12.0. The van der Waals surface area contributed by atoms with Crippen molar-refractivity contribution in [1.29, 1.82) is 0 Å². The van der Waals surface area contributed by atoms with Crippen LogP contribution in [0.25, 0.3) is 0 Å². The lowest BCUT2D eigenvalue weighted by Crippen LogP contribution is -2.19. The van der Waals surface area contributed by atoms with Crippen molar-refractivity contribution in [2.75, 3.05) is 12.4 Å². The fraction of sp³-hybridized carbons (Fsp3) is 0.118. The molecule has 0 spiro atoms. The van der Waals surface area contributed by atoms with Gasteiger partial charge in [0.05, 0.1) is 12.8 Å². The number of hydrogen-bond donors (Lipinski definition) is 2. The number of hydrogen-bond acceptors (Lipinski definition) is 5. The maximum absolute atomic E-state index is 13.6. The number of nitrogens with zero attached hydrogens (tertiary/aromatic N) is 2. The van der Waals surface area contributed by atoms with E-state index in [0.717, 1.165) is 23.8 Å². The van der Waals surface area contributed by atoms with Crippen LogP contribution in [-0.2, 0) is 6.42 Å². The molecule has 0 fully saturated rings. The Balaban J connectivity index is 1.78. The van der Waals surface area contributed by atoms with Crippen molar-refractivity contribution in [3.63, 3.8) is 0 Å². The molecule has 3 rings (SSSR count). The second kappa shape index (κ2) is 7.08. The molecule has 1 aromatic heterocycles. The largest absolute Gasteiger partial charge is 0.497 e. The van der Waals surface area contributed by atoms with E-state index in [1.165, 1.54) is 0 Å². The van der Waals surface area contributed by atoms with Gasteiger partial charge in [0, 0.05) is 12.5 Å². The van der Waals surface area contributed by atoms with Crippen LogP contribution in [0.2, 0.25) is 0 Å². The summed E-state index contributed by atoms with van der Waals surface area (Å²) < 4.78 is 31.8. The van der Waals surface area contributed by atoms with E-state index < -0.39 is 17.2 Å². The zero-order valence-electron chi connectivity index (χ0n) is 13.2. The number of methoxy groups -OCH3 is 1. The molecule has 0 bridgehead atoms. The monoisotopic (exact) mass is 344 g/mol. The lowest BCUT2D eigenvalue weighted by atomic mass is 10.1. The predicted octanol–water partition coefficient (Wildman–Crippen LogP) is 2.79. The number of aromatic amines is 1. The van der Waals surface area contributed by atoms with Gasteiger partial charge < -0.3 is 10.1 Å². The number of H-pyrrole nitrogens is 1. The molecule has 0 aliphatic rings. The summed E-state index contributed by atoms with van der Waals surface area (Å²) in [5, 5.41) is 10.2. The minimum atomic E-state index is -0.675. The molecule has 25 heavy (non-hydrogen) atoms. The first-order valence-corrected chi connectivity index (χ1v) is 7.36. The summed E-state index contributed by atoms with van der Waals surface area (Å²) in [6.45, 7) is 0. The molecule has 0 radical (unpaired) electrons. The number of nitrogens with one attached hydrogen (secondary N) is 2. The average Bonchev–Trinajstić information content (AvgIpc) is 2.61. The quantitative estimate of drug-likeness (QED) is 0.744. The fourth-order valence-corrected chi connectivity index (χ4v) is 2.19. The SMILES string of the molecule is COc1ccc(Cc2nnc(Nc3cc(F)ccc3F)[nH]c2=O)cc1. The molecular formula is C17H14F2N4O2. The Kier molecular flexibility index (Phi) is 4.69. The molecule has 3 aromatic rings.